The molecule has 1 heterocycles. The van der Waals surface area contributed by atoms with Crippen LogP contribution >= 0.6 is 22.6 Å². The van der Waals surface area contributed by atoms with Gasteiger partial charge in [0.05, 0.1) is 5.69 Å². The molecule has 6 heteroatoms. The van der Waals surface area contributed by atoms with Gasteiger partial charge in [-0.3, -0.25) is 15.0 Å². The van der Waals surface area contributed by atoms with E-state index in [-0.39, 0.29) is 11.3 Å². The van der Waals surface area contributed by atoms with Crippen LogP contribution in [0, 0.1) is 3.57 Å². The topological polar surface area (TPSA) is 69.6 Å². The van der Waals surface area contributed by atoms with Crippen LogP contribution in [0.25, 0.3) is 6.08 Å². The lowest BCUT2D eigenvalue weighted by atomic mass is 10.1. The van der Waals surface area contributed by atoms with E-state index in [1.165, 1.54) is 23.2 Å². The van der Waals surface area contributed by atoms with Gasteiger partial charge in [0.25, 0.3) is 11.8 Å². The first kappa shape index (κ1) is 14.6. The Morgan fingerprint density at radius 2 is 1.64 bits per heavy atom. The average Bonchev–Trinajstić information content (AvgIpc) is 2.78. The van der Waals surface area contributed by atoms with Crippen molar-refractivity contribution in [1.29, 1.82) is 0 Å². The zero-order valence-corrected chi connectivity index (χ0v) is 13.4. The third-order valence-electron chi connectivity index (χ3n) is 3.18. The number of amides is 2. The van der Waals surface area contributed by atoms with Crippen molar-refractivity contribution < 1.29 is 14.7 Å². The van der Waals surface area contributed by atoms with E-state index in [1.807, 2.05) is 12.1 Å². The summed E-state index contributed by atoms with van der Waals surface area (Å²) >= 11 is 2.17. The molecular formula is C16H11IN2O3. The molecule has 1 aliphatic heterocycles. The van der Waals surface area contributed by atoms with Crippen LogP contribution in [0.2, 0.25) is 0 Å². The summed E-state index contributed by atoms with van der Waals surface area (Å²) in [4.78, 5) is 24.4. The number of anilines is 1. The summed E-state index contributed by atoms with van der Waals surface area (Å²) in [6.07, 6.45) is 1.50. The second-order valence-corrected chi connectivity index (χ2v) is 5.95. The predicted molar refractivity (Wildman–Crippen MR) is 90.9 cm³/mol. The van der Waals surface area contributed by atoms with E-state index >= 15 is 0 Å². The third-order valence-corrected chi connectivity index (χ3v) is 3.90. The highest BCUT2D eigenvalue weighted by molar-refractivity contribution is 14.1. The normalized spacial score (nSPS) is 16.2. The number of carbonyl (C=O) groups is 2. The average molecular weight is 406 g/mol. The first-order valence-corrected chi connectivity index (χ1v) is 7.54. The molecule has 0 spiro atoms. The molecule has 0 radical (unpaired) electrons. The molecule has 1 fully saturated rings. The summed E-state index contributed by atoms with van der Waals surface area (Å²) in [5.41, 5.74) is 3.88. The van der Waals surface area contributed by atoms with E-state index in [0.717, 1.165) is 3.57 Å². The molecule has 0 saturated carbocycles. The minimum atomic E-state index is -0.448. The molecular weight excluding hydrogens is 395 g/mol. The molecule has 0 bridgehead atoms. The molecule has 110 valence electrons. The van der Waals surface area contributed by atoms with Crippen molar-refractivity contribution in [3.8, 4) is 5.75 Å². The highest BCUT2D eigenvalue weighted by atomic mass is 127. The Morgan fingerprint density at radius 1 is 1.00 bits per heavy atom. The zero-order valence-electron chi connectivity index (χ0n) is 11.3. The Morgan fingerprint density at radius 3 is 2.27 bits per heavy atom. The number of halogens is 1. The Balaban J connectivity index is 1.91. The Hall–Kier alpha value is -2.35. The van der Waals surface area contributed by atoms with E-state index in [2.05, 4.69) is 28.0 Å². The lowest BCUT2D eigenvalue weighted by Crippen LogP contribution is -2.35. The van der Waals surface area contributed by atoms with Crippen LogP contribution in [0.5, 0.6) is 5.75 Å². The maximum Gasteiger partial charge on any atom is 0.282 e. The number of rotatable bonds is 2. The largest absolute Gasteiger partial charge is 0.508 e. The molecule has 5 nitrogen and oxygen atoms in total. The van der Waals surface area contributed by atoms with Gasteiger partial charge in [0.15, 0.2) is 0 Å². The fourth-order valence-corrected chi connectivity index (χ4v) is 2.43. The molecule has 1 aliphatic rings. The molecule has 0 aliphatic carbocycles. The number of hydrogen-bond acceptors (Lipinski definition) is 3. The summed E-state index contributed by atoms with van der Waals surface area (Å²) in [7, 11) is 0. The number of nitrogens with one attached hydrogen (secondary N) is 1. The Labute approximate surface area is 140 Å². The van der Waals surface area contributed by atoms with Gasteiger partial charge in [0, 0.05) is 3.57 Å². The van der Waals surface area contributed by atoms with Gasteiger partial charge >= 0.3 is 0 Å². The number of benzene rings is 2. The van der Waals surface area contributed by atoms with Crippen molar-refractivity contribution in [1.82, 2.24) is 5.43 Å². The van der Waals surface area contributed by atoms with Crippen LogP contribution in [0.15, 0.2) is 54.1 Å². The lowest BCUT2D eigenvalue weighted by molar-refractivity contribution is -0.117. The van der Waals surface area contributed by atoms with Gasteiger partial charge in [-0.1, -0.05) is 12.1 Å². The molecule has 0 aromatic heterocycles. The number of hydrogen-bond donors (Lipinski definition) is 2. The lowest BCUT2D eigenvalue weighted by Gasteiger charge is -2.14. The van der Waals surface area contributed by atoms with E-state index in [4.69, 9.17) is 0 Å². The standard InChI is InChI=1S/C16H11IN2O3/c17-11-3-5-12(6-4-11)19-16(22)14(15(21)18-19)9-10-1-7-13(20)8-2-10/h1-9,20H,(H,18,21)/b14-9+. The van der Waals surface area contributed by atoms with Crippen LogP contribution < -0.4 is 10.4 Å². The molecule has 2 N–H and O–H groups in total. The van der Waals surface area contributed by atoms with Gasteiger partial charge in [0.1, 0.15) is 11.3 Å². The fourth-order valence-electron chi connectivity index (χ4n) is 2.07. The maximum atomic E-state index is 12.4. The molecule has 3 rings (SSSR count). The molecule has 22 heavy (non-hydrogen) atoms. The minimum absolute atomic E-state index is 0.0595. The van der Waals surface area contributed by atoms with Gasteiger partial charge < -0.3 is 5.11 Å². The first-order chi connectivity index (χ1) is 10.5. The predicted octanol–water partition coefficient (Wildman–Crippen LogP) is 2.46. The first-order valence-electron chi connectivity index (χ1n) is 6.46. The van der Waals surface area contributed by atoms with Crippen molar-refractivity contribution in [2.75, 3.05) is 5.01 Å². The monoisotopic (exact) mass is 406 g/mol. The summed E-state index contributed by atoms with van der Waals surface area (Å²) in [5, 5.41) is 10.5. The van der Waals surface area contributed by atoms with Gasteiger partial charge in [-0.05, 0) is 70.6 Å². The van der Waals surface area contributed by atoms with Crippen LogP contribution in [0.1, 0.15) is 5.56 Å². The van der Waals surface area contributed by atoms with E-state index in [1.54, 1.807) is 24.3 Å². The Bertz CT molecular complexity index is 767. The molecule has 2 aromatic rings. The number of nitrogens with zero attached hydrogens (tertiary/aromatic N) is 1. The Kier molecular flexibility index (Phi) is 3.84. The van der Waals surface area contributed by atoms with Crippen LogP contribution in [-0.4, -0.2) is 16.9 Å². The van der Waals surface area contributed by atoms with Gasteiger partial charge in [-0.25, -0.2) is 5.01 Å². The molecule has 0 atom stereocenters. The number of carbonyl (C=O) groups excluding carboxylic acids is 2. The summed E-state index contributed by atoms with van der Waals surface area (Å²) < 4.78 is 1.04. The number of phenolic OH excluding ortho intramolecular Hbond substituents is 1. The summed E-state index contributed by atoms with van der Waals surface area (Å²) in [5.74, 6) is -0.722. The molecule has 1 saturated heterocycles. The number of phenols is 1. The van der Waals surface area contributed by atoms with Crippen LogP contribution in [-0.2, 0) is 9.59 Å². The van der Waals surface area contributed by atoms with Gasteiger partial charge in [0.2, 0.25) is 0 Å². The van der Waals surface area contributed by atoms with Crippen molar-refractivity contribution >= 4 is 46.2 Å². The quantitative estimate of drug-likeness (QED) is 0.458. The second-order valence-electron chi connectivity index (χ2n) is 4.71. The summed E-state index contributed by atoms with van der Waals surface area (Å²) in [6.45, 7) is 0. The van der Waals surface area contributed by atoms with Crippen molar-refractivity contribution in [2.45, 2.75) is 0 Å². The maximum absolute atomic E-state index is 12.4. The van der Waals surface area contributed by atoms with Crippen molar-refractivity contribution in [2.24, 2.45) is 0 Å². The zero-order chi connectivity index (χ0) is 15.7. The van der Waals surface area contributed by atoms with E-state index in [0.29, 0.717) is 11.3 Å². The van der Waals surface area contributed by atoms with E-state index in [9.17, 15) is 14.7 Å². The SMILES string of the molecule is O=C1NN(c2ccc(I)cc2)C(=O)/C1=C/c1ccc(O)cc1. The number of aromatic hydroxyl groups is 1. The van der Waals surface area contributed by atoms with E-state index < -0.39 is 11.8 Å². The second kappa shape index (κ2) is 5.80. The minimum Gasteiger partial charge on any atom is -0.508 e. The number of hydrazine groups is 1. The molecule has 0 unspecified atom stereocenters. The highest BCUT2D eigenvalue weighted by Gasteiger charge is 2.34. The van der Waals surface area contributed by atoms with Crippen molar-refractivity contribution in [3.63, 3.8) is 0 Å². The van der Waals surface area contributed by atoms with Crippen molar-refractivity contribution in [3.05, 3.63) is 63.2 Å². The molecule has 2 aromatic carbocycles. The smallest absolute Gasteiger partial charge is 0.282 e. The molecule has 2 amide bonds. The fraction of sp³-hybridized carbons (Fsp3) is 0. The summed E-state index contributed by atoms with van der Waals surface area (Å²) in [6, 6.07) is 13.5. The van der Waals surface area contributed by atoms with Gasteiger partial charge in [-0.15, -0.1) is 0 Å². The van der Waals surface area contributed by atoms with Gasteiger partial charge in [-0.2, -0.15) is 0 Å². The third kappa shape index (κ3) is 2.82. The highest BCUT2D eigenvalue weighted by Crippen LogP contribution is 2.22. The van der Waals surface area contributed by atoms with Crippen LogP contribution in [0.3, 0.4) is 0 Å². The van der Waals surface area contributed by atoms with Crippen LogP contribution in [0.4, 0.5) is 5.69 Å².